The topological polar surface area (TPSA) is 79.6 Å². The average Bonchev–Trinajstić information content (AvgIpc) is 2.64. The Morgan fingerprint density at radius 1 is 1.00 bits per heavy atom. The van der Waals surface area contributed by atoms with Crippen LogP contribution in [0.4, 0.5) is 5.95 Å². The number of hydrogen-bond donors (Lipinski definition) is 2. The molecule has 0 aliphatic heterocycles. The molecule has 1 heterocycles. The van der Waals surface area contributed by atoms with E-state index in [4.69, 9.17) is 4.74 Å². The molecule has 0 radical (unpaired) electrons. The van der Waals surface area contributed by atoms with Crippen LogP contribution in [0.25, 0.3) is 11.1 Å². The minimum absolute atomic E-state index is 0.0332. The van der Waals surface area contributed by atoms with Crippen molar-refractivity contribution in [2.24, 2.45) is 5.10 Å². The molecule has 0 spiro atoms. The smallest absolute Gasteiger partial charge is 0.243 e. The highest BCUT2D eigenvalue weighted by molar-refractivity contribution is 5.85. The molecule has 0 saturated heterocycles. The second-order valence-corrected chi connectivity index (χ2v) is 4.93. The SMILES string of the molecule is COc1cccc(/C=N/Nc2ncc(-c3ccccc3)cn2)c1O. The predicted octanol–water partition coefficient (Wildman–Crippen LogP) is 3.30. The third kappa shape index (κ3) is 3.49. The zero-order valence-corrected chi connectivity index (χ0v) is 13.0. The van der Waals surface area contributed by atoms with Gasteiger partial charge in [-0.05, 0) is 17.7 Å². The zero-order valence-electron chi connectivity index (χ0n) is 13.0. The summed E-state index contributed by atoms with van der Waals surface area (Å²) in [5.74, 6) is 0.793. The average molecular weight is 320 g/mol. The molecule has 2 N–H and O–H groups in total. The summed E-state index contributed by atoms with van der Waals surface area (Å²) in [6.45, 7) is 0. The second kappa shape index (κ2) is 7.23. The number of nitrogens with zero attached hydrogens (tertiary/aromatic N) is 3. The van der Waals surface area contributed by atoms with Crippen LogP contribution in [0.15, 0.2) is 66.0 Å². The molecule has 24 heavy (non-hydrogen) atoms. The molecule has 6 heteroatoms. The van der Waals surface area contributed by atoms with Crippen molar-refractivity contribution >= 4 is 12.2 Å². The van der Waals surface area contributed by atoms with E-state index in [2.05, 4.69) is 20.5 Å². The van der Waals surface area contributed by atoms with Crippen LogP contribution in [0.3, 0.4) is 0 Å². The summed E-state index contributed by atoms with van der Waals surface area (Å²) in [6.07, 6.45) is 4.93. The fourth-order valence-corrected chi connectivity index (χ4v) is 2.13. The summed E-state index contributed by atoms with van der Waals surface area (Å²) in [7, 11) is 1.50. The van der Waals surface area contributed by atoms with Crippen molar-refractivity contribution in [3.05, 3.63) is 66.5 Å². The number of nitrogens with one attached hydrogen (secondary N) is 1. The number of ether oxygens (including phenoxy) is 1. The number of aromatic nitrogens is 2. The van der Waals surface area contributed by atoms with Crippen LogP contribution in [0, 0.1) is 0 Å². The van der Waals surface area contributed by atoms with Crippen LogP contribution < -0.4 is 10.2 Å². The van der Waals surface area contributed by atoms with Crippen LogP contribution in [-0.2, 0) is 0 Å². The molecule has 0 unspecified atom stereocenters. The molecule has 0 aliphatic carbocycles. The van der Waals surface area contributed by atoms with E-state index >= 15 is 0 Å². The normalized spacial score (nSPS) is 10.7. The first kappa shape index (κ1) is 15.5. The quantitative estimate of drug-likeness (QED) is 0.557. The van der Waals surface area contributed by atoms with Crippen molar-refractivity contribution in [2.75, 3.05) is 12.5 Å². The summed E-state index contributed by atoms with van der Waals surface area (Å²) in [6, 6.07) is 15.0. The number of aromatic hydroxyl groups is 1. The van der Waals surface area contributed by atoms with Gasteiger partial charge in [0.2, 0.25) is 5.95 Å². The molecule has 0 atom stereocenters. The van der Waals surface area contributed by atoms with Gasteiger partial charge in [-0.15, -0.1) is 0 Å². The molecule has 1 aromatic heterocycles. The van der Waals surface area contributed by atoms with E-state index in [-0.39, 0.29) is 5.75 Å². The first-order chi connectivity index (χ1) is 11.8. The molecule has 2 aromatic carbocycles. The van der Waals surface area contributed by atoms with Crippen molar-refractivity contribution in [1.82, 2.24) is 9.97 Å². The Bertz CT molecular complexity index is 833. The Morgan fingerprint density at radius 3 is 2.46 bits per heavy atom. The van der Waals surface area contributed by atoms with E-state index in [1.54, 1.807) is 30.6 Å². The van der Waals surface area contributed by atoms with Crippen molar-refractivity contribution in [3.63, 3.8) is 0 Å². The molecule has 0 bridgehead atoms. The summed E-state index contributed by atoms with van der Waals surface area (Å²) in [4.78, 5) is 8.44. The Hall–Kier alpha value is -3.41. The zero-order chi connectivity index (χ0) is 16.8. The van der Waals surface area contributed by atoms with Gasteiger partial charge in [-0.25, -0.2) is 15.4 Å². The molecule has 3 rings (SSSR count). The number of benzene rings is 2. The van der Waals surface area contributed by atoms with E-state index in [9.17, 15) is 5.11 Å². The minimum Gasteiger partial charge on any atom is -0.504 e. The molecule has 0 fully saturated rings. The highest BCUT2D eigenvalue weighted by atomic mass is 16.5. The maximum absolute atomic E-state index is 9.97. The summed E-state index contributed by atoms with van der Waals surface area (Å²) in [5, 5.41) is 14.0. The fraction of sp³-hybridized carbons (Fsp3) is 0.0556. The van der Waals surface area contributed by atoms with Gasteiger partial charge in [0.25, 0.3) is 0 Å². The molecule has 0 saturated carbocycles. The van der Waals surface area contributed by atoms with Crippen LogP contribution in [0.2, 0.25) is 0 Å². The summed E-state index contributed by atoms with van der Waals surface area (Å²) < 4.78 is 5.05. The molecule has 3 aromatic rings. The number of phenolic OH excluding ortho intramolecular Hbond substituents is 1. The first-order valence-corrected chi connectivity index (χ1v) is 7.30. The number of hydrazone groups is 1. The lowest BCUT2D eigenvalue weighted by molar-refractivity contribution is 0.373. The van der Waals surface area contributed by atoms with Gasteiger partial charge in [0.15, 0.2) is 11.5 Å². The maximum atomic E-state index is 9.97. The highest BCUT2D eigenvalue weighted by Crippen LogP contribution is 2.28. The van der Waals surface area contributed by atoms with Gasteiger partial charge < -0.3 is 9.84 Å². The Morgan fingerprint density at radius 2 is 1.75 bits per heavy atom. The van der Waals surface area contributed by atoms with Crippen LogP contribution >= 0.6 is 0 Å². The second-order valence-electron chi connectivity index (χ2n) is 4.93. The van der Waals surface area contributed by atoms with Gasteiger partial charge in [0, 0.05) is 23.5 Å². The molecule has 0 aliphatic rings. The largest absolute Gasteiger partial charge is 0.504 e. The summed E-state index contributed by atoms with van der Waals surface area (Å²) in [5.41, 5.74) is 5.24. The molecule has 120 valence electrons. The monoisotopic (exact) mass is 320 g/mol. The maximum Gasteiger partial charge on any atom is 0.243 e. The van der Waals surface area contributed by atoms with Crippen LogP contribution in [-0.4, -0.2) is 28.4 Å². The predicted molar refractivity (Wildman–Crippen MR) is 93.3 cm³/mol. The number of anilines is 1. The standard InChI is InChI=1S/C18H16N4O2/c1-24-16-9-5-8-14(17(16)23)12-21-22-18-19-10-15(11-20-18)13-6-3-2-4-7-13/h2-12,23H,1H3,(H,19,20,22)/b21-12+. The van der Waals surface area contributed by atoms with E-state index in [1.165, 1.54) is 13.3 Å². The van der Waals surface area contributed by atoms with Gasteiger partial charge >= 0.3 is 0 Å². The van der Waals surface area contributed by atoms with Gasteiger partial charge in [0.1, 0.15) is 0 Å². The van der Waals surface area contributed by atoms with Crippen LogP contribution in [0.5, 0.6) is 11.5 Å². The number of phenols is 1. The van der Waals surface area contributed by atoms with Crippen LogP contribution in [0.1, 0.15) is 5.56 Å². The number of hydrogen-bond acceptors (Lipinski definition) is 6. The Kier molecular flexibility index (Phi) is 4.67. The first-order valence-electron chi connectivity index (χ1n) is 7.30. The third-order valence-electron chi connectivity index (χ3n) is 3.38. The lowest BCUT2D eigenvalue weighted by Crippen LogP contribution is -1.97. The Labute approximate surface area is 139 Å². The lowest BCUT2D eigenvalue weighted by Gasteiger charge is -2.05. The van der Waals surface area contributed by atoms with E-state index in [0.29, 0.717) is 17.3 Å². The van der Waals surface area contributed by atoms with E-state index in [0.717, 1.165) is 11.1 Å². The highest BCUT2D eigenvalue weighted by Gasteiger charge is 2.04. The van der Waals surface area contributed by atoms with E-state index < -0.39 is 0 Å². The minimum atomic E-state index is 0.0332. The van der Waals surface area contributed by atoms with Crippen molar-refractivity contribution in [3.8, 4) is 22.6 Å². The van der Waals surface area contributed by atoms with Gasteiger partial charge in [-0.2, -0.15) is 5.10 Å². The van der Waals surface area contributed by atoms with Crippen molar-refractivity contribution < 1.29 is 9.84 Å². The van der Waals surface area contributed by atoms with Gasteiger partial charge in [-0.1, -0.05) is 36.4 Å². The van der Waals surface area contributed by atoms with Gasteiger partial charge in [-0.3, -0.25) is 0 Å². The molecule has 0 amide bonds. The Balaban J connectivity index is 1.69. The number of para-hydroxylation sites is 1. The number of methoxy groups -OCH3 is 1. The third-order valence-corrected chi connectivity index (χ3v) is 3.38. The number of rotatable bonds is 5. The summed E-state index contributed by atoms with van der Waals surface area (Å²) >= 11 is 0. The fourth-order valence-electron chi connectivity index (χ4n) is 2.13. The molecular formula is C18H16N4O2. The molecular weight excluding hydrogens is 304 g/mol. The van der Waals surface area contributed by atoms with Crippen molar-refractivity contribution in [1.29, 1.82) is 0 Å². The van der Waals surface area contributed by atoms with Crippen molar-refractivity contribution in [2.45, 2.75) is 0 Å². The van der Waals surface area contributed by atoms with Gasteiger partial charge in [0.05, 0.1) is 13.3 Å². The molecule has 6 nitrogen and oxygen atoms in total. The van der Waals surface area contributed by atoms with E-state index in [1.807, 2.05) is 30.3 Å². The lowest BCUT2D eigenvalue weighted by atomic mass is 10.1.